The monoisotopic (exact) mass is 558 g/mol. The lowest BCUT2D eigenvalue weighted by Gasteiger charge is -2.33. The molecule has 10 nitrogen and oxygen atoms in total. The predicted molar refractivity (Wildman–Crippen MR) is 140 cm³/mol. The van der Waals surface area contributed by atoms with Crippen molar-refractivity contribution in [1.29, 1.82) is 0 Å². The fraction of sp³-hybridized carbons (Fsp3) is 0.292. The highest BCUT2D eigenvalue weighted by Crippen LogP contribution is 2.33. The van der Waals surface area contributed by atoms with Crippen molar-refractivity contribution in [1.82, 2.24) is 29.5 Å². The number of amides is 2. The number of rotatable bonds is 7. The Bertz CT molecular complexity index is 1380. The predicted octanol–water partition coefficient (Wildman–Crippen LogP) is 4.84. The van der Waals surface area contributed by atoms with E-state index in [0.717, 1.165) is 10.7 Å². The van der Waals surface area contributed by atoms with E-state index in [2.05, 4.69) is 15.2 Å². The minimum absolute atomic E-state index is 0.143. The summed E-state index contributed by atoms with van der Waals surface area (Å²) in [6.45, 7) is 3.86. The zero-order valence-electron chi connectivity index (χ0n) is 19.9. The van der Waals surface area contributed by atoms with E-state index in [9.17, 15) is 9.59 Å². The van der Waals surface area contributed by atoms with Crippen molar-refractivity contribution in [2.24, 2.45) is 0 Å². The average molecular weight is 559 g/mol. The Kier molecular flexibility index (Phi) is 7.77. The maximum atomic E-state index is 13.0. The van der Waals surface area contributed by atoms with Crippen molar-refractivity contribution < 1.29 is 18.7 Å². The van der Waals surface area contributed by atoms with E-state index in [-0.39, 0.29) is 12.0 Å². The Labute approximate surface area is 226 Å². The molecular formula is C24H23ClN6O4S2. The van der Waals surface area contributed by atoms with Crippen LogP contribution in [0.1, 0.15) is 22.4 Å². The van der Waals surface area contributed by atoms with Crippen molar-refractivity contribution in [3.8, 4) is 17.3 Å². The van der Waals surface area contributed by atoms with E-state index in [1.54, 1.807) is 34.4 Å². The zero-order valence-corrected chi connectivity index (χ0v) is 22.3. The summed E-state index contributed by atoms with van der Waals surface area (Å²) in [7, 11) is 0. The van der Waals surface area contributed by atoms with Crippen LogP contribution in [0.4, 0.5) is 4.79 Å². The summed E-state index contributed by atoms with van der Waals surface area (Å²) in [6, 6.07) is 11.1. The van der Waals surface area contributed by atoms with Crippen molar-refractivity contribution in [3.05, 3.63) is 63.8 Å². The molecule has 0 bridgehead atoms. The van der Waals surface area contributed by atoms with E-state index < -0.39 is 0 Å². The van der Waals surface area contributed by atoms with Gasteiger partial charge in [0.15, 0.2) is 10.9 Å². The lowest BCUT2D eigenvalue weighted by atomic mass is 10.3. The summed E-state index contributed by atoms with van der Waals surface area (Å²) in [5.74, 6) is 1.47. The molecule has 0 N–H and O–H groups in total. The molecule has 0 spiro atoms. The molecule has 1 fully saturated rings. The van der Waals surface area contributed by atoms with E-state index in [0.29, 0.717) is 66.0 Å². The maximum absolute atomic E-state index is 13.0. The lowest BCUT2D eigenvalue weighted by Crippen LogP contribution is -2.50. The summed E-state index contributed by atoms with van der Waals surface area (Å²) >= 11 is 9.36. The number of furan rings is 1. The fourth-order valence-corrected chi connectivity index (χ4v) is 5.80. The third-order valence-electron chi connectivity index (χ3n) is 5.66. The Balaban J connectivity index is 1.27. The second kappa shape index (κ2) is 11.4. The van der Waals surface area contributed by atoms with Crippen LogP contribution in [-0.4, -0.2) is 74.3 Å². The standard InChI is InChI=1S/C24H23ClN6O4S2/c1-2-34-24(33)30-11-9-29(10-12-30)22(32)17-14-36-20(26-17)15-37-23-28-27-21(19-8-5-13-35-19)31(23)18-7-4-3-6-16(18)25/h3-8,13-14H,2,9-12,15H2,1H3. The average Bonchev–Trinajstić information content (AvgIpc) is 3.69. The number of benzene rings is 1. The summed E-state index contributed by atoms with van der Waals surface area (Å²) in [5, 5.41) is 12.4. The molecule has 1 aliphatic heterocycles. The van der Waals surface area contributed by atoms with Gasteiger partial charge in [0.05, 0.1) is 29.3 Å². The molecule has 5 rings (SSSR count). The first-order valence-electron chi connectivity index (χ1n) is 11.6. The van der Waals surface area contributed by atoms with Gasteiger partial charge in [-0.05, 0) is 31.2 Å². The molecule has 0 saturated carbocycles. The van der Waals surface area contributed by atoms with Crippen LogP contribution < -0.4 is 0 Å². The van der Waals surface area contributed by atoms with Gasteiger partial charge < -0.3 is 19.0 Å². The van der Waals surface area contributed by atoms with Crippen LogP contribution in [0.3, 0.4) is 0 Å². The van der Waals surface area contributed by atoms with E-state index in [4.69, 9.17) is 20.8 Å². The van der Waals surface area contributed by atoms with Crippen LogP contribution in [0.5, 0.6) is 0 Å². The number of nitrogens with zero attached hydrogens (tertiary/aromatic N) is 6. The van der Waals surface area contributed by atoms with Crippen LogP contribution in [0.25, 0.3) is 17.3 Å². The highest BCUT2D eigenvalue weighted by atomic mass is 35.5. The molecule has 2 amide bonds. The number of aromatic nitrogens is 4. The van der Waals surface area contributed by atoms with Gasteiger partial charge in [-0.25, -0.2) is 9.78 Å². The van der Waals surface area contributed by atoms with Gasteiger partial charge in [0.2, 0.25) is 5.82 Å². The fourth-order valence-electron chi connectivity index (χ4n) is 3.85. The molecule has 0 unspecified atom stereocenters. The van der Waals surface area contributed by atoms with Gasteiger partial charge in [-0.1, -0.05) is 35.5 Å². The van der Waals surface area contributed by atoms with Crippen molar-refractivity contribution in [3.63, 3.8) is 0 Å². The molecule has 0 radical (unpaired) electrons. The van der Waals surface area contributed by atoms with Gasteiger partial charge >= 0.3 is 6.09 Å². The molecule has 3 aromatic heterocycles. The van der Waals surface area contributed by atoms with Crippen molar-refractivity contribution in [2.75, 3.05) is 32.8 Å². The Hall–Kier alpha value is -3.35. The molecule has 4 aromatic rings. The zero-order chi connectivity index (χ0) is 25.8. The topological polar surface area (TPSA) is 107 Å². The summed E-state index contributed by atoms with van der Waals surface area (Å²) in [6.07, 6.45) is 1.24. The van der Waals surface area contributed by atoms with Gasteiger partial charge in [-0.15, -0.1) is 21.5 Å². The second-order valence-corrected chi connectivity index (χ2v) is 10.3. The third kappa shape index (κ3) is 5.50. The number of piperazine rings is 1. The molecule has 37 heavy (non-hydrogen) atoms. The van der Waals surface area contributed by atoms with Crippen LogP contribution >= 0.6 is 34.7 Å². The smallest absolute Gasteiger partial charge is 0.409 e. The Morgan fingerprint density at radius 2 is 1.89 bits per heavy atom. The number of ether oxygens (including phenoxy) is 1. The minimum atomic E-state index is -0.345. The number of carbonyl (C=O) groups is 2. The number of thioether (sulfide) groups is 1. The number of halogens is 1. The molecule has 1 aromatic carbocycles. The van der Waals surface area contributed by atoms with Crippen molar-refractivity contribution >= 4 is 46.7 Å². The van der Waals surface area contributed by atoms with Gasteiger partial charge in [0.1, 0.15) is 10.7 Å². The Morgan fingerprint density at radius 3 is 2.62 bits per heavy atom. The lowest BCUT2D eigenvalue weighted by molar-refractivity contribution is 0.0566. The van der Waals surface area contributed by atoms with Gasteiger partial charge in [0, 0.05) is 31.6 Å². The first kappa shape index (κ1) is 25.3. The largest absolute Gasteiger partial charge is 0.461 e. The number of para-hydroxylation sites is 1. The Morgan fingerprint density at radius 1 is 1.11 bits per heavy atom. The summed E-state index contributed by atoms with van der Waals surface area (Å²) < 4.78 is 12.5. The quantitative estimate of drug-likeness (QED) is 0.296. The molecule has 0 atom stereocenters. The number of thiazole rings is 1. The molecule has 1 aliphatic rings. The minimum Gasteiger partial charge on any atom is -0.461 e. The molecule has 4 heterocycles. The third-order valence-corrected chi connectivity index (χ3v) is 7.95. The normalized spacial score (nSPS) is 13.7. The first-order chi connectivity index (χ1) is 18.0. The summed E-state index contributed by atoms with van der Waals surface area (Å²) in [5.41, 5.74) is 1.13. The molecular weight excluding hydrogens is 536 g/mol. The number of hydrogen-bond donors (Lipinski definition) is 0. The highest BCUT2D eigenvalue weighted by molar-refractivity contribution is 7.98. The van der Waals surface area contributed by atoms with Crippen LogP contribution in [0, 0.1) is 0 Å². The van der Waals surface area contributed by atoms with E-state index in [1.165, 1.54) is 23.1 Å². The maximum Gasteiger partial charge on any atom is 0.409 e. The SMILES string of the molecule is CCOC(=O)N1CCN(C(=O)c2csc(CSc3nnc(-c4ccco4)n3-c3ccccc3Cl)n2)CC1. The van der Waals surface area contributed by atoms with Crippen molar-refractivity contribution in [2.45, 2.75) is 17.8 Å². The van der Waals surface area contributed by atoms with E-state index >= 15 is 0 Å². The van der Waals surface area contributed by atoms with Gasteiger partial charge in [-0.2, -0.15) is 0 Å². The van der Waals surface area contributed by atoms with E-state index in [1.807, 2.05) is 34.9 Å². The molecule has 0 aliphatic carbocycles. The second-order valence-electron chi connectivity index (χ2n) is 7.96. The van der Waals surface area contributed by atoms with Crippen LogP contribution in [0.2, 0.25) is 5.02 Å². The highest BCUT2D eigenvalue weighted by Gasteiger charge is 2.27. The number of carbonyl (C=O) groups excluding carboxylic acids is 2. The molecule has 192 valence electrons. The summed E-state index contributed by atoms with van der Waals surface area (Å²) in [4.78, 5) is 32.8. The van der Waals surface area contributed by atoms with Gasteiger partial charge in [0.25, 0.3) is 5.91 Å². The van der Waals surface area contributed by atoms with Crippen LogP contribution in [0.15, 0.2) is 57.6 Å². The first-order valence-corrected chi connectivity index (χ1v) is 13.8. The van der Waals surface area contributed by atoms with Gasteiger partial charge in [-0.3, -0.25) is 9.36 Å². The molecule has 13 heteroatoms. The molecule has 1 saturated heterocycles. The number of hydrogen-bond acceptors (Lipinski definition) is 9. The van der Waals surface area contributed by atoms with Crippen LogP contribution in [-0.2, 0) is 10.5 Å².